The summed E-state index contributed by atoms with van der Waals surface area (Å²) < 4.78 is 5.91. The summed E-state index contributed by atoms with van der Waals surface area (Å²) in [7, 11) is 0. The van der Waals surface area contributed by atoms with E-state index in [4.69, 9.17) is 4.74 Å². The third-order valence-corrected chi connectivity index (χ3v) is 3.15. The van der Waals surface area contributed by atoms with Crippen molar-refractivity contribution < 1.29 is 4.74 Å². The Bertz CT molecular complexity index is 712. The van der Waals surface area contributed by atoms with E-state index in [1.165, 1.54) is 0 Å². The molecule has 0 atom stereocenters. The van der Waals surface area contributed by atoms with Crippen molar-refractivity contribution in [3.8, 4) is 17.0 Å². The highest BCUT2D eigenvalue weighted by Gasteiger charge is 2.08. The summed E-state index contributed by atoms with van der Waals surface area (Å²) in [5, 5.41) is 0. The van der Waals surface area contributed by atoms with Crippen LogP contribution in [-0.4, -0.2) is 9.97 Å². The lowest BCUT2D eigenvalue weighted by atomic mass is 10.1. The Morgan fingerprint density at radius 1 is 0.905 bits per heavy atom. The van der Waals surface area contributed by atoms with E-state index in [9.17, 15) is 0 Å². The Labute approximate surface area is 124 Å². The van der Waals surface area contributed by atoms with E-state index in [0.29, 0.717) is 6.61 Å². The highest BCUT2D eigenvalue weighted by Crippen LogP contribution is 2.28. The summed E-state index contributed by atoms with van der Waals surface area (Å²) in [5.41, 5.74) is 3.79. The van der Waals surface area contributed by atoms with E-state index in [0.717, 1.165) is 28.4 Å². The molecule has 0 aliphatic carbocycles. The van der Waals surface area contributed by atoms with Gasteiger partial charge in [-0.3, -0.25) is 4.98 Å². The summed E-state index contributed by atoms with van der Waals surface area (Å²) in [4.78, 5) is 8.88. The molecule has 3 rings (SSSR count). The lowest BCUT2D eigenvalue weighted by Crippen LogP contribution is -2.00. The van der Waals surface area contributed by atoms with Crippen molar-refractivity contribution in [2.75, 3.05) is 0 Å². The standard InChI is InChI=1S/C18H16N2O/c1-14-10-11-17(21-13-16-9-5-6-12-19-16)18(20-14)15-7-3-2-4-8-15/h2-12H,13H2,1H3. The third-order valence-electron chi connectivity index (χ3n) is 3.15. The summed E-state index contributed by atoms with van der Waals surface area (Å²) >= 11 is 0. The minimum atomic E-state index is 0.436. The van der Waals surface area contributed by atoms with Crippen molar-refractivity contribution in [3.63, 3.8) is 0 Å². The summed E-state index contributed by atoms with van der Waals surface area (Å²) in [5.74, 6) is 0.775. The van der Waals surface area contributed by atoms with Gasteiger partial charge in [0.25, 0.3) is 0 Å². The van der Waals surface area contributed by atoms with E-state index in [-0.39, 0.29) is 0 Å². The van der Waals surface area contributed by atoms with Gasteiger partial charge in [0.05, 0.1) is 5.69 Å². The molecule has 0 radical (unpaired) electrons. The highest BCUT2D eigenvalue weighted by atomic mass is 16.5. The van der Waals surface area contributed by atoms with Crippen LogP contribution in [0.1, 0.15) is 11.4 Å². The van der Waals surface area contributed by atoms with Gasteiger partial charge in [0.2, 0.25) is 0 Å². The summed E-state index contributed by atoms with van der Waals surface area (Å²) in [6.07, 6.45) is 1.77. The van der Waals surface area contributed by atoms with Gasteiger partial charge in [0.1, 0.15) is 18.1 Å². The average Bonchev–Trinajstić information content (AvgIpc) is 2.55. The number of ether oxygens (including phenoxy) is 1. The number of aromatic nitrogens is 2. The Morgan fingerprint density at radius 2 is 1.71 bits per heavy atom. The second-order valence-corrected chi connectivity index (χ2v) is 4.78. The van der Waals surface area contributed by atoms with Crippen molar-refractivity contribution in [2.24, 2.45) is 0 Å². The number of pyridine rings is 2. The van der Waals surface area contributed by atoms with Crippen LogP contribution >= 0.6 is 0 Å². The fraction of sp³-hybridized carbons (Fsp3) is 0.111. The molecule has 0 bridgehead atoms. The average molecular weight is 276 g/mol. The largest absolute Gasteiger partial charge is 0.485 e. The molecule has 3 aromatic rings. The molecular formula is C18H16N2O. The SMILES string of the molecule is Cc1ccc(OCc2ccccn2)c(-c2ccccc2)n1. The molecule has 0 N–H and O–H groups in total. The number of nitrogens with zero attached hydrogens (tertiary/aromatic N) is 2. The molecule has 0 aliphatic rings. The Kier molecular flexibility index (Phi) is 3.92. The van der Waals surface area contributed by atoms with Gasteiger partial charge in [-0.15, -0.1) is 0 Å². The van der Waals surface area contributed by atoms with Crippen LogP contribution in [0.4, 0.5) is 0 Å². The number of aryl methyl sites for hydroxylation is 1. The summed E-state index contributed by atoms with van der Waals surface area (Å²) in [6.45, 7) is 2.42. The molecular weight excluding hydrogens is 260 g/mol. The van der Waals surface area contributed by atoms with Crippen molar-refractivity contribution in [1.29, 1.82) is 0 Å². The zero-order chi connectivity index (χ0) is 14.5. The number of rotatable bonds is 4. The van der Waals surface area contributed by atoms with E-state index < -0.39 is 0 Å². The lowest BCUT2D eigenvalue weighted by Gasteiger charge is -2.11. The van der Waals surface area contributed by atoms with E-state index in [2.05, 4.69) is 9.97 Å². The van der Waals surface area contributed by atoms with Crippen LogP contribution < -0.4 is 4.74 Å². The van der Waals surface area contributed by atoms with E-state index in [1.807, 2.05) is 67.6 Å². The molecule has 2 aromatic heterocycles. The minimum absolute atomic E-state index is 0.436. The van der Waals surface area contributed by atoms with E-state index in [1.54, 1.807) is 6.20 Å². The number of hydrogen-bond acceptors (Lipinski definition) is 3. The first-order valence-corrected chi connectivity index (χ1v) is 6.89. The maximum atomic E-state index is 5.91. The lowest BCUT2D eigenvalue weighted by molar-refractivity contribution is 0.301. The second-order valence-electron chi connectivity index (χ2n) is 4.78. The number of hydrogen-bond donors (Lipinski definition) is 0. The normalized spacial score (nSPS) is 10.3. The fourth-order valence-electron chi connectivity index (χ4n) is 2.10. The van der Waals surface area contributed by atoms with Crippen LogP contribution in [0.5, 0.6) is 5.75 Å². The Balaban J connectivity index is 1.88. The maximum Gasteiger partial charge on any atom is 0.146 e. The van der Waals surface area contributed by atoms with Gasteiger partial charge < -0.3 is 4.74 Å². The zero-order valence-corrected chi connectivity index (χ0v) is 11.9. The van der Waals surface area contributed by atoms with Gasteiger partial charge in [-0.1, -0.05) is 36.4 Å². The minimum Gasteiger partial charge on any atom is -0.485 e. The first-order valence-electron chi connectivity index (χ1n) is 6.89. The Morgan fingerprint density at radius 3 is 2.48 bits per heavy atom. The van der Waals surface area contributed by atoms with Crippen LogP contribution in [0, 0.1) is 6.92 Å². The predicted molar refractivity (Wildman–Crippen MR) is 83.0 cm³/mol. The fourth-order valence-corrected chi connectivity index (χ4v) is 2.10. The Hall–Kier alpha value is -2.68. The molecule has 0 spiro atoms. The van der Waals surface area contributed by atoms with E-state index >= 15 is 0 Å². The zero-order valence-electron chi connectivity index (χ0n) is 11.9. The van der Waals surface area contributed by atoms with Crippen LogP contribution in [0.15, 0.2) is 66.9 Å². The molecule has 0 aliphatic heterocycles. The van der Waals surface area contributed by atoms with Crippen molar-refractivity contribution >= 4 is 0 Å². The van der Waals surface area contributed by atoms with Gasteiger partial charge in [-0.05, 0) is 31.2 Å². The predicted octanol–water partition coefficient (Wildman–Crippen LogP) is 4.03. The molecule has 2 heterocycles. The number of benzene rings is 1. The molecule has 0 amide bonds. The first-order chi connectivity index (χ1) is 10.3. The van der Waals surface area contributed by atoms with Crippen molar-refractivity contribution in [1.82, 2.24) is 9.97 Å². The molecule has 104 valence electrons. The first kappa shape index (κ1) is 13.3. The van der Waals surface area contributed by atoms with Crippen LogP contribution in [0.3, 0.4) is 0 Å². The van der Waals surface area contributed by atoms with Crippen LogP contribution in [0.2, 0.25) is 0 Å². The molecule has 0 saturated heterocycles. The van der Waals surface area contributed by atoms with Gasteiger partial charge in [-0.25, -0.2) is 4.98 Å². The molecule has 0 fully saturated rings. The second kappa shape index (κ2) is 6.18. The van der Waals surface area contributed by atoms with Gasteiger partial charge in [0.15, 0.2) is 0 Å². The molecule has 0 unspecified atom stereocenters. The topological polar surface area (TPSA) is 35.0 Å². The molecule has 0 saturated carbocycles. The van der Waals surface area contributed by atoms with Crippen molar-refractivity contribution in [3.05, 3.63) is 78.2 Å². The summed E-state index contributed by atoms with van der Waals surface area (Å²) in [6, 6.07) is 19.8. The highest BCUT2D eigenvalue weighted by molar-refractivity contribution is 5.66. The molecule has 1 aromatic carbocycles. The van der Waals surface area contributed by atoms with Crippen LogP contribution in [-0.2, 0) is 6.61 Å². The maximum absolute atomic E-state index is 5.91. The van der Waals surface area contributed by atoms with Gasteiger partial charge in [-0.2, -0.15) is 0 Å². The smallest absolute Gasteiger partial charge is 0.146 e. The van der Waals surface area contributed by atoms with Crippen molar-refractivity contribution in [2.45, 2.75) is 13.5 Å². The molecule has 3 heteroatoms. The molecule has 21 heavy (non-hydrogen) atoms. The van der Waals surface area contributed by atoms with Gasteiger partial charge in [0, 0.05) is 17.5 Å². The third kappa shape index (κ3) is 3.26. The monoisotopic (exact) mass is 276 g/mol. The quantitative estimate of drug-likeness (QED) is 0.721. The van der Waals surface area contributed by atoms with Gasteiger partial charge >= 0.3 is 0 Å². The molecule has 3 nitrogen and oxygen atoms in total. The van der Waals surface area contributed by atoms with Crippen LogP contribution in [0.25, 0.3) is 11.3 Å².